The van der Waals surface area contributed by atoms with E-state index in [1.807, 2.05) is 25.1 Å². The van der Waals surface area contributed by atoms with E-state index in [1.54, 1.807) is 14.2 Å². The first-order chi connectivity index (χ1) is 9.52. The topological polar surface area (TPSA) is 64.6 Å². The molecule has 6 heteroatoms. The summed E-state index contributed by atoms with van der Waals surface area (Å²) in [4.78, 5) is 0. The molecular weight excluding hydrogens is 278 g/mol. The number of methoxy groups -OCH3 is 2. The molecule has 1 aromatic rings. The molecule has 0 aliphatic rings. The molecule has 5 nitrogen and oxygen atoms in total. The van der Waals surface area contributed by atoms with Gasteiger partial charge in [0.15, 0.2) is 9.84 Å². The van der Waals surface area contributed by atoms with Gasteiger partial charge >= 0.3 is 0 Å². The highest BCUT2D eigenvalue weighted by Crippen LogP contribution is 2.24. The van der Waals surface area contributed by atoms with Crippen molar-refractivity contribution in [3.8, 4) is 11.5 Å². The average molecular weight is 301 g/mol. The molecular formula is C14H23NO4S. The molecule has 0 unspecified atom stereocenters. The predicted molar refractivity (Wildman–Crippen MR) is 80.2 cm³/mol. The minimum absolute atomic E-state index is 0.166. The fourth-order valence-corrected chi connectivity index (χ4v) is 3.14. The van der Waals surface area contributed by atoms with Crippen LogP contribution in [-0.2, 0) is 16.4 Å². The molecule has 0 radical (unpaired) electrons. The van der Waals surface area contributed by atoms with Gasteiger partial charge in [0.05, 0.1) is 20.0 Å². The second-order valence-corrected chi connectivity index (χ2v) is 6.81. The monoisotopic (exact) mass is 301 g/mol. The van der Waals surface area contributed by atoms with Crippen molar-refractivity contribution in [1.29, 1.82) is 0 Å². The van der Waals surface area contributed by atoms with Gasteiger partial charge in [0.2, 0.25) is 0 Å². The van der Waals surface area contributed by atoms with Crippen LogP contribution in [0.5, 0.6) is 11.5 Å². The fourth-order valence-electron chi connectivity index (χ4n) is 1.86. The molecule has 1 rings (SSSR count). The van der Waals surface area contributed by atoms with Gasteiger partial charge in [-0.25, -0.2) is 8.42 Å². The lowest BCUT2D eigenvalue weighted by molar-refractivity contribution is 0.390. The van der Waals surface area contributed by atoms with E-state index < -0.39 is 9.84 Å². The zero-order valence-electron chi connectivity index (χ0n) is 12.3. The van der Waals surface area contributed by atoms with Gasteiger partial charge in [-0.2, -0.15) is 0 Å². The fraction of sp³-hybridized carbons (Fsp3) is 0.571. The van der Waals surface area contributed by atoms with Crippen molar-refractivity contribution in [2.45, 2.75) is 19.9 Å². The molecule has 0 atom stereocenters. The van der Waals surface area contributed by atoms with Crippen LogP contribution in [0.4, 0.5) is 0 Å². The van der Waals surface area contributed by atoms with Crippen LogP contribution in [0.25, 0.3) is 0 Å². The Morgan fingerprint density at radius 1 is 1.15 bits per heavy atom. The van der Waals surface area contributed by atoms with Gasteiger partial charge in [-0.1, -0.05) is 13.0 Å². The van der Waals surface area contributed by atoms with Gasteiger partial charge in [0.25, 0.3) is 0 Å². The minimum atomic E-state index is -2.93. The summed E-state index contributed by atoms with van der Waals surface area (Å²) in [7, 11) is 0.277. The zero-order chi connectivity index (χ0) is 15.0. The number of hydrogen-bond donors (Lipinski definition) is 1. The molecule has 1 N–H and O–H groups in total. The van der Waals surface area contributed by atoms with Crippen LogP contribution in [0.15, 0.2) is 18.2 Å². The van der Waals surface area contributed by atoms with Crippen molar-refractivity contribution in [2.24, 2.45) is 0 Å². The van der Waals surface area contributed by atoms with Crippen molar-refractivity contribution in [1.82, 2.24) is 5.32 Å². The van der Waals surface area contributed by atoms with Gasteiger partial charge in [0, 0.05) is 30.5 Å². The van der Waals surface area contributed by atoms with Gasteiger partial charge in [-0.15, -0.1) is 0 Å². The van der Waals surface area contributed by atoms with Crippen molar-refractivity contribution < 1.29 is 17.9 Å². The van der Waals surface area contributed by atoms with E-state index in [-0.39, 0.29) is 11.5 Å². The van der Waals surface area contributed by atoms with Gasteiger partial charge in [0.1, 0.15) is 11.5 Å². The van der Waals surface area contributed by atoms with Crippen molar-refractivity contribution in [3.63, 3.8) is 0 Å². The van der Waals surface area contributed by atoms with Crippen LogP contribution >= 0.6 is 0 Å². The number of sulfone groups is 1. The van der Waals surface area contributed by atoms with Crippen molar-refractivity contribution in [3.05, 3.63) is 23.8 Å². The molecule has 0 saturated heterocycles. The van der Waals surface area contributed by atoms with Crippen LogP contribution in [0.2, 0.25) is 0 Å². The summed E-state index contributed by atoms with van der Waals surface area (Å²) in [5.74, 6) is 1.88. The number of rotatable bonds is 9. The normalized spacial score (nSPS) is 11.3. The van der Waals surface area contributed by atoms with Crippen LogP contribution < -0.4 is 14.8 Å². The first-order valence-electron chi connectivity index (χ1n) is 6.64. The molecule has 0 aliphatic carbocycles. The third-order valence-electron chi connectivity index (χ3n) is 2.91. The minimum Gasteiger partial charge on any atom is -0.497 e. The second kappa shape index (κ2) is 8.11. The van der Waals surface area contributed by atoms with Crippen molar-refractivity contribution >= 4 is 9.84 Å². The van der Waals surface area contributed by atoms with E-state index in [0.29, 0.717) is 19.5 Å². The van der Waals surface area contributed by atoms with Crippen LogP contribution in [0.1, 0.15) is 18.9 Å². The summed E-state index contributed by atoms with van der Waals surface area (Å²) in [6.45, 7) is 2.87. The molecule has 0 amide bonds. The van der Waals surface area contributed by atoms with E-state index in [1.165, 1.54) is 0 Å². The quantitative estimate of drug-likeness (QED) is 0.702. The Morgan fingerprint density at radius 3 is 2.50 bits per heavy atom. The molecule has 0 aromatic heterocycles. The maximum atomic E-state index is 11.6. The molecule has 114 valence electrons. The third kappa shape index (κ3) is 5.38. The molecule has 20 heavy (non-hydrogen) atoms. The van der Waals surface area contributed by atoms with Gasteiger partial charge in [-0.05, 0) is 12.5 Å². The maximum absolute atomic E-state index is 11.6. The first kappa shape index (κ1) is 16.8. The Balaban J connectivity index is 2.50. The lowest BCUT2D eigenvalue weighted by atomic mass is 10.2. The summed E-state index contributed by atoms with van der Waals surface area (Å²) < 4.78 is 33.5. The Kier molecular flexibility index (Phi) is 6.81. The Labute approximate surface area is 121 Å². The highest BCUT2D eigenvalue weighted by atomic mass is 32.2. The Bertz CT molecular complexity index is 514. The maximum Gasteiger partial charge on any atom is 0.151 e. The Hall–Kier alpha value is -1.27. The van der Waals surface area contributed by atoms with E-state index in [2.05, 4.69) is 5.32 Å². The zero-order valence-corrected chi connectivity index (χ0v) is 13.1. The van der Waals surface area contributed by atoms with E-state index in [4.69, 9.17) is 9.47 Å². The molecule has 0 spiro atoms. The smallest absolute Gasteiger partial charge is 0.151 e. The third-order valence-corrected chi connectivity index (χ3v) is 4.77. The largest absolute Gasteiger partial charge is 0.497 e. The van der Waals surface area contributed by atoms with Crippen molar-refractivity contribution in [2.75, 3.05) is 32.3 Å². The summed E-state index contributed by atoms with van der Waals surface area (Å²) in [6.07, 6.45) is 0.661. The number of ether oxygens (including phenoxy) is 2. The van der Waals surface area contributed by atoms with Crippen LogP contribution in [0, 0.1) is 0 Å². The highest BCUT2D eigenvalue weighted by Gasteiger charge is 2.09. The van der Waals surface area contributed by atoms with Crippen LogP contribution in [-0.4, -0.2) is 40.7 Å². The molecule has 0 aliphatic heterocycles. The number of nitrogens with one attached hydrogen (secondary N) is 1. The summed E-state index contributed by atoms with van der Waals surface area (Å²) in [5.41, 5.74) is 0.973. The first-order valence-corrected chi connectivity index (χ1v) is 8.46. The Morgan fingerprint density at radius 2 is 1.90 bits per heavy atom. The molecule has 0 bridgehead atoms. The SMILES string of the molecule is CCCS(=O)(=O)CCNCc1ccc(OC)cc1OC. The van der Waals surface area contributed by atoms with E-state index in [0.717, 1.165) is 17.1 Å². The standard InChI is InChI=1S/C14H23NO4S/c1-4-8-20(16,17)9-7-15-11-12-5-6-13(18-2)10-14(12)19-3/h5-6,10,15H,4,7-9,11H2,1-3H3. The summed E-state index contributed by atoms with van der Waals surface area (Å²) >= 11 is 0. The predicted octanol–water partition coefficient (Wildman–Crippen LogP) is 1.62. The van der Waals surface area contributed by atoms with Gasteiger partial charge in [-0.3, -0.25) is 0 Å². The molecule has 1 aromatic carbocycles. The molecule has 0 fully saturated rings. The molecule has 0 saturated carbocycles. The van der Waals surface area contributed by atoms with Gasteiger partial charge < -0.3 is 14.8 Å². The summed E-state index contributed by atoms with van der Waals surface area (Å²) in [6, 6.07) is 5.57. The highest BCUT2D eigenvalue weighted by molar-refractivity contribution is 7.91. The average Bonchev–Trinajstić information content (AvgIpc) is 2.43. The number of hydrogen-bond acceptors (Lipinski definition) is 5. The second-order valence-electron chi connectivity index (χ2n) is 4.51. The number of benzene rings is 1. The van der Waals surface area contributed by atoms with Crippen LogP contribution in [0.3, 0.4) is 0 Å². The van der Waals surface area contributed by atoms with E-state index >= 15 is 0 Å². The lowest BCUT2D eigenvalue weighted by Gasteiger charge is -2.11. The van der Waals surface area contributed by atoms with E-state index in [9.17, 15) is 8.42 Å². The summed E-state index contributed by atoms with van der Waals surface area (Å²) in [5, 5.41) is 3.13. The molecule has 0 heterocycles. The lowest BCUT2D eigenvalue weighted by Crippen LogP contribution is -2.24.